The van der Waals surface area contributed by atoms with E-state index in [-0.39, 0.29) is 5.60 Å². The molecule has 0 saturated carbocycles. The Kier molecular flexibility index (Phi) is 3.76. The molecule has 0 aliphatic carbocycles. The number of alkyl halides is 1. The van der Waals surface area contributed by atoms with E-state index in [0.29, 0.717) is 5.88 Å². The van der Waals surface area contributed by atoms with Gasteiger partial charge in [0.2, 0.25) is 0 Å². The predicted octanol–water partition coefficient (Wildman–Crippen LogP) is 4.54. The van der Waals surface area contributed by atoms with Gasteiger partial charge in [-0.1, -0.05) is 19.1 Å². The van der Waals surface area contributed by atoms with E-state index < -0.39 is 0 Å². The third kappa shape index (κ3) is 2.75. The van der Waals surface area contributed by atoms with Crippen LogP contribution in [0, 0.1) is 0 Å². The maximum absolute atomic E-state index is 6.11. The standard InChI is InChI=1S/C15H18ClNO/c1-4-15(2,3)18-14-9-11(10-16)17-13-8-6-5-7-12(13)14/h5-9H,4,10H2,1-3H3. The number of rotatable bonds is 4. The molecule has 3 heteroatoms. The van der Waals surface area contributed by atoms with E-state index in [9.17, 15) is 0 Å². The molecule has 96 valence electrons. The van der Waals surface area contributed by atoms with Crippen LogP contribution >= 0.6 is 11.6 Å². The average molecular weight is 264 g/mol. The molecular formula is C15H18ClNO. The third-order valence-electron chi connectivity index (χ3n) is 3.11. The molecule has 18 heavy (non-hydrogen) atoms. The van der Waals surface area contributed by atoms with E-state index in [4.69, 9.17) is 16.3 Å². The minimum absolute atomic E-state index is 0.187. The number of halogens is 1. The molecule has 0 radical (unpaired) electrons. The lowest BCUT2D eigenvalue weighted by Gasteiger charge is -2.26. The van der Waals surface area contributed by atoms with Crippen molar-refractivity contribution in [2.75, 3.05) is 0 Å². The molecule has 0 atom stereocenters. The van der Waals surface area contributed by atoms with Crippen LogP contribution < -0.4 is 4.74 Å². The highest BCUT2D eigenvalue weighted by molar-refractivity contribution is 6.17. The molecule has 1 heterocycles. The maximum atomic E-state index is 6.11. The quantitative estimate of drug-likeness (QED) is 0.756. The molecule has 2 nitrogen and oxygen atoms in total. The first-order valence-corrected chi connectivity index (χ1v) is 6.73. The van der Waals surface area contributed by atoms with Crippen LogP contribution in [0.1, 0.15) is 32.9 Å². The van der Waals surface area contributed by atoms with Gasteiger partial charge in [0.25, 0.3) is 0 Å². The summed E-state index contributed by atoms with van der Waals surface area (Å²) in [4.78, 5) is 4.50. The Hall–Kier alpha value is -1.28. The SMILES string of the molecule is CCC(C)(C)Oc1cc(CCl)nc2ccccc12. The van der Waals surface area contributed by atoms with Crippen molar-refractivity contribution in [3.63, 3.8) is 0 Å². The predicted molar refractivity (Wildman–Crippen MR) is 76.3 cm³/mol. The van der Waals surface area contributed by atoms with E-state index in [1.807, 2.05) is 30.3 Å². The van der Waals surface area contributed by atoms with Crippen molar-refractivity contribution in [1.82, 2.24) is 4.98 Å². The summed E-state index contributed by atoms with van der Waals surface area (Å²) < 4.78 is 6.11. The first-order valence-electron chi connectivity index (χ1n) is 6.19. The molecule has 0 fully saturated rings. The van der Waals surface area contributed by atoms with Crippen molar-refractivity contribution in [3.05, 3.63) is 36.0 Å². The van der Waals surface area contributed by atoms with Crippen molar-refractivity contribution >= 4 is 22.5 Å². The lowest BCUT2D eigenvalue weighted by Crippen LogP contribution is -2.27. The zero-order valence-corrected chi connectivity index (χ0v) is 11.8. The van der Waals surface area contributed by atoms with E-state index in [2.05, 4.69) is 25.8 Å². The Labute approximate surface area is 113 Å². The molecule has 1 aromatic carbocycles. The van der Waals surface area contributed by atoms with E-state index in [1.54, 1.807) is 0 Å². The van der Waals surface area contributed by atoms with Crippen molar-refractivity contribution < 1.29 is 4.74 Å². The molecule has 0 aliphatic rings. The normalized spacial score (nSPS) is 11.8. The minimum Gasteiger partial charge on any atom is -0.487 e. The Morgan fingerprint density at radius 2 is 2.00 bits per heavy atom. The van der Waals surface area contributed by atoms with Gasteiger partial charge < -0.3 is 4.74 Å². The summed E-state index contributed by atoms with van der Waals surface area (Å²) in [6.45, 7) is 6.29. The number of nitrogens with zero attached hydrogens (tertiary/aromatic N) is 1. The van der Waals surface area contributed by atoms with E-state index in [0.717, 1.165) is 28.8 Å². The van der Waals surface area contributed by atoms with Gasteiger partial charge in [0.1, 0.15) is 11.4 Å². The van der Waals surface area contributed by atoms with Gasteiger partial charge in [0.15, 0.2) is 0 Å². The molecule has 0 amide bonds. The van der Waals surface area contributed by atoms with E-state index in [1.165, 1.54) is 0 Å². The van der Waals surface area contributed by atoms with Gasteiger partial charge in [-0.25, -0.2) is 0 Å². The van der Waals surface area contributed by atoms with Crippen LogP contribution in [0.2, 0.25) is 0 Å². The first-order chi connectivity index (χ1) is 8.55. The fourth-order valence-electron chi connectivity index (χ4n) is 1.72. The summed E-state index contributed by atoms with van der Waals surface area (Å²) in [5.74, 6) is 1.26. The van der Waals surface area contributed by atoms with Crippen molar-refractivity contribution in [3.8, 4) is 5.75 Å². The second-order valence-corrected chi connectivity index (χ2v) is 5.25. The first kappa shape index (κ1) is 13.2. The second kappa shape index (κ2) is 5.15. The summed E-state index contributed by atoms with van der Waals surface area (Å²) in [5.41, 5.74) is 1.59. The Morgan fingerprint density at radius 3 is 2.67 bits per heavy atom. The topological polar surface area (TPSA) is 22.1 Å². The molecular weight excluding hydrogens is 246 g/mol. The minimum atomic E-state index is -0.187. The smallest absolute Gasteiger partial charge is 0.131 e. The lowest BCUT2D eigenvalue weighted by atomic mass is 10.1. The van der Waals surface area contributed by atoms with Crippen molar-refractivity contribution in [2.24, 2.45) is 0 Å². The van der Waals surface area contributed by atoms with Gasteiger partial charge in [0.05, 0.1) is 17.1 Å². The fraction of sp³-hybridized carbons (Fsp3) is 0.400. The maximum Gasteiger partial charge on any atom is 0.131 e. The van der Waals surface area contributed by atoms with Crippen LogP contribution in [0.15, 0.2) is 30.3 Å². The Bertz CT molecular complexity index is 551. The molecule has 2 rings (SSSR count). The summed E-state index contributed by atoms with van der Waals surface area (Å²) in [6.07, 6.45) is 0.944. The van der Waals surface area contributed by atoms with Crippen LogP contribution in [0.5, 0.6) is 5.75 Å². The largest absolute Gasteiger partial charge is 0.487 e. The summed E-state index contributed by atoms with van der Waals surface area (Å²) in [7, 11) is 0. The average Bonchev–Trinajstić information content (AvgIpc) is 2.38. The number of hydrogen-bond donors (Lipinski definition) is 0. The monoisotopic (exact) mass is 263 g/mol. The fourth-order valence-corrected chi connectivity index (χ4v) is 1.86. The number of aromatic nitrogens is 1. The molecule has 0 unspecified atom stereocenters. The molecule has 2 aromatic rings. The summed E-state index contributed by atoms with van der Waals surface area (Å²) in [5, 5.41) is 1.04. The van der Waals surface area contributed by atoms with Crippen molar-refractivity contribution in [1.29, 1.82) is 0 Å². The van der Waals surface area contributed by atoms with Gasteiger partial charge in [-0.15, -0.1) is 11.6 Å². The van der Waals surface area contributed by atoms with Gasteiger partial charge in [-0.2, -0.15) is 0 Å². The van der Waals surface area contributed by atoms with Crippen LogP contribution in [0.25, 0.3) is 10.9 Å². The zero-order valence-electron chi connectivity index (χ0n) is 11.0. The van der Waals surface area contributed by atoms with Gasteiger partial charge in [0, 0.05) is 11.5 Å². The number of para-hydroxylation sites is 1. The Morgan fingerprint density at radius 1 is 1.28 bits per heavy atom. The lowest BCUT2D eigenvalue weighted by molar-refractivity contribution is 0.107. The summed E-state index contributed by atoms with van der Waals surface area (Å²) in [6, 6.07) is 9.92. The zero-order chi connectivity index (χ0) is 13.2. The van der Waals surface area contributed by atoms with E-state index >= 15 is 0 Å². The second-order valence-electron chi connectivity index (χ2n) is 4.98. The number of hydrogen-bond acceptors (Lipinski definition) is 2. The molecule has 0 bridgehead atoms. The number of pyridine rings is 1. The molecule has 0 aliphatic heterocycles. The highest BCUT2D eigenvalue weighted by Crippen LogP contribution is 2.30. The van der Waals surface area contributed by atoms with Crippen molar-refractivity contribution in [2.45, 2.75) is 38.7 Å². The van der Waals surface area contributed by atoms with Crippen LogP contribution in [-0.2, 0) is 5.88 Å². The highest BCUT2D eigenvalue weighted by Gasteiger charge is 2.18. The Balaban J connectivity index is 2.53. The number of fused-ring (bicyclic) bond motifs is 1. The van der Waals surface area contributed by atoms with Gasteiger partial charge >= 0.3 is 0 Å². The van der Waals surface area contributed by atoms with Crippen LogP contribution in [-0.4, -0.2) is 10.6 Å². The molecule has 0 spiro atoms. The molecule has 0 saturated heterocycles. The molecule has 1 aromatic heterocycles. The van der Waals surface area contributed by atoms with Gasteiger partial charge in [-0.05, 0) is 32.4 Å². The van der Waals surface area contributed by atoms with Crippen LogP contribution in [0.4, 0.5) is 0 Å². The van der Waals surface area contributed by atoms with Gasteiger partial charge in [-0.3, -0.25) is 4.98 Å². The number of ether oxygens (including phenoxy) is 1. The summed E-state index contributed by atoms with van der Waals surface area (Å²) >= 11 is 5.89. The highest BCUT2D eigenvalue weighted by atomic mass is 35.5. The molecule has 0 N–H and O–H groups in total. The number of benzene rings is 1. The van der Waals surface area contributed by atoms with Crippen LogP contribution in [0.3, 0.4) is 0 Å². The third-order valence-corrected chi connectivity index (χ3v) is 3.38.